The fourth-order valence-electron chi connectivity index (χ4n) is 2.35. The Hall–Kier alpha value is -2.34. The lowest BCUT2D eigenvalue weighted by Gasteiger charge is -2.13. The number of anilines is 1. The molecule has 2 aromatic carbocycles. The van der Waals surface area contributed by atoms with Crippen LogP contribution in [-0.2, 0) is 6.18 Å². The number of nitrogens with zero attached hydrogens (tertiary/aromatic N) is 2. The minimum atomic E-state index is -4.58. The molecule has 3 aromatic rings. The summed E-state index contributed by atoms with van der Waals surface area (Å²) >= 11 is 10.3. The van der Waals surface area contributed by atoms with Gasteiger partial charge in [0.2, 0.25) is 0 Å². The van der Waals surface area contributed by atoms with Crippen LogP contribution in [0.2, 0.25) is 5.02 Å². The van der Waals surface area contributed by atoms with Crippen molar-refractivity contribution in [3.05, 3.63) is 74.1 Å². The molecule has 0 spiro atoms. The third-order valence-corrected chi connectivity index (χ3v) is 5.24. The summed E-state index contributed by atoms with van der Waals surface area (Å²) in [7, 11) is 0. The zero-order valence-corrected chi connectivity index (χ0v) is 17.0. The fraction of sp³-hybridized carbons (Fsp3) is 0.0526. The van der Waals surface area contributed by atoms with Gasteiger partial charge in [0, 0.05) is 26.6 Å². The predicted octanol–water partition coefficient (Wildman–Crippen LogP) is 7.22. The molecule has 1 heterocycles. The first-order valence-corrected chi connectivity index (χ1v) is 9.78. The maximum absolute atomic E-state index is 13.2. The van der Waals surface area contributed by atoms with Crippen molar-refractivity contribution in [2.75, 3.05) is 5.32 Å². The van der Waals surface area contributed by atoms with Crippen molar-refractivity contribution in [2.45, 2.75) is 6.18 Å². The number of rotatable bonds is 4. The highest BCUT2D eigenvalue weighted by atomic mass is 79.9. The van der Waals surface area contributed by atoms with Crippen LogP contribution in [0.4, 0.5) is 18.9 Å². The van der Waals surface area contributed by atoms with Gasteiger partial charge in [0.15, 0.2) is 0 Å². The highest BCUT2D eigenvalue weighted by Crippen LogP contribution is 2.37. The van der Waals surface area contributed by atoms with Crippen LogP contribution in [0, 0.1) is 11.3 Å². The van der Waals surface area contributed by atoms with E-state index in [1.54, 1.807) is 5.38 Å². The van der Waals surface area contributed by atoms with E-state index in [-0.39, 0.29) is 16.3 Å². The number of nitrogens with one attached hydrogen (secondary N) is 1. The lowest BCUT2D eigenvalue weighted by atomic mass is 10.1. The Labute approximate surface area is 176 Å². The molecule has 0 radical (unpaired) electrons. The number of halogens is 5. The van der Waals surface area contributed by atoms with Gasteiger partial charge in [-0.05, 0) is 30.3 Å². The Bertz CT molecular complexity index is 1090. The number of alkyl halides is 3. The number of hydrogen-bond donors (Lipinski definition) is 1. The molecule has 0 aliphatic heterocycles. The second-order valence-corrected chi connectivity index (χ2v) is 7.76. The maximum atomic E-state index is 13.2. The second-order valence-electron chi connectivity index (χ2n) is 5.55. The van der Waals surface area contributed by atoms with Gasteiger partial charge >= 0.3 is 6.18 Å². The van der Waals surface area contributed by atoms with Crippen LogP contribution in [-0.4, -0.2) is 4.98 Å². The summed E-state index contributed by atoms with van der Waals surface area (Å²) in [6.45, 7) is 0. The molecule has 0 bridgehead atoms. The molecule has 142 valence electrons. The van der Waals surface area contributed by atoms with Gasteiger partial charge < -0.3 is 5.32 Å². The van der Waals surface area contributed by atoms with E-state index in [0.29, 0.717) is 10.7 Å². The van der Waals surface area contributed by atoms with E-state index >= 15 is 0 Å². The number of nitriles is 1. The van der Waals surface area contributed by atoms with Crippen LogP contribution in [0.5, 0.6) is 0 Å². The quantitative estimate of drug-likeness (QED) is 0.398. The van der Waals surface area contributed by atoms with Crippen molar-refractivity contribution in [2.24, 2.45) is 0 Å². The van der Waals surface area contributed by atoms with Gasteiger partial charge in [0.05, 0.1) is 16.9 Å². The molecule has 1 aromatic heterocycles. The van der Waals surface area contributed by atoms with E-state index in [9.17, 15) is 18.4 Å². The van der Waals surface area contributed by atoms with Crippen LogP contribution >= 0.6 is 38.9 Å². The van der Waals surface area contributed by atoms with Crippen molar-refractivity contribution in [1.29, 1.82) is 5.26 Å². The summed E-state index contributed by atoms with van der Waals surface area (Å²) in [5.74, 6) is 0. The molecule has 0 saturated carbocycles. The summed E-state index contributed by atoms with van der Waals surface area (Å²) < 4.78 is 40.4. The van der Waals surface area contributed by atoms with Crippen LogP contribution in [0.1, 0.15) is 10.6 Å². The van der Waals surface area contributed by atoms with E-state index < -0.39 is 11.7 Å². The zero-order valence-electron chi connectivity index (χ0n) is 13.9. The van der Waals surface area contributed by atoms with Gasteiger partial charge in [-0.2, -0.15) is 18.4 Å². The average molecular weight is 485 g/mol. The minimum absolute atomic E-state index is 0.0269. The van der Waals surface area contributed by atoms with E-state index in [1.807, 2.05) is 30.3 Å². The monoisotopic (exact) mass is 483 g/mol. The molecule has 1 N–H and O–H groups in total. The number of benzene rings is 2. The Balaban J connectivity index is 1.90. The molecular weight excluding hydrogens is 475 g/mol. The highest BCUT2D eigenvalue weighted by Gasteiger charge is 2.33. The minimum Gasteiger partial charge on any atom is -0.360 e. The predicted molar refractivity (Wildman–Crippen MR) is 109 cm³/mol. The van der Waals surface area contributed by atoms with Gasteiger partial charge in [0.25, 0.3) is 0 Å². The molecule has 0 fully saturated rings. The molecular formula is C19H10BrClF3N3S. The Morgan fingerprint density at radius 3 is 2.71 bits per heavy atom. The van der Waals surface area contributed by atoms with E-state index in [4.69, 9.17) is 11.6 Å². The lowest BCUT2D eigenvalue weighted by molar-refractivity contribution is -0.136. The maximum Gasteiger partial charge on any atom is 0.418 e. The highest BCUT2D eigenvalue weighted by molar-refractivity contribution is 9.10. The molecule has 0 atom stereocenters. The normalized spacial score (nSPS) is 11.9. The SMILES string of the molecule is N#C/C(=C\Nc1ccc(Cl)cc1C(F)(F)F)c1nc(-c2cccc(Br)c2)cs1. The number of allylic oxidation sites excluding steroid dienone is 1. The molecule has 0 amide bonds. The first-order valence-electron chi connectivity index (χ1n) is 7.73. The lowest BCUT2D eigenvalue weighted by Crippen LogP contribution is -2.08. The first-order chi connectivity index (χ1) is 13.3. The van der Waals surface area contributed by atoms with Crippen molar-refractivity contribution in [3.63, 3.8) is 0 Å². The molecule has 3 rings (SSSR count). The largest absolute Gasteiger partial charge is 0.418 e. The molecule has 0 aliphatic rings. The van der Waals surface area contributed by atoms with Crippen molar-refractivity contribution in [3.8, 4) is 17.3 Å². The molecule has 0 unspecified atom stereocenters. The van der Waals surface area contributed by atoms with Gasteiger partial charge in [-0.25, -0.2) is 4.98 Å². The van der Waals surface area contributed by atoms with Crippen LogP contribution in [0.3, 0.4) is 0 Å². The zero-order chi connectivity index (χ0) is 20.3. The third kappa shape index (κ3) is 4.73. The topological polar surface area (TPSA) is 48.7 Å². The summed E-state index contributed by atoms with van der Waals surface area (Å²) in [4.78, 5) is 4.41. The summed E-state index contributed by atoms with van der Waals surface area (Å²) in [6, 6.07) is 12.9. The molecule has 3 nitrogen and oxygen atoms in total. The third-order valence-electron chi connectivity index (χ3n) is 3.63. The van der Waals surface area contributed by atoms with Crippen molar-refractivity contribution in [1.82, 2.24) is 4.98 Å². The van der Waals surface area contributed by atoms with E-state index in [0.717, 1.165) is 16.1 Å². The van der Waals surface area contributed by atoms with Crippen molar-refractivity contribution >= 4 is 50.1 Å². The van der Waals surface area contributed by atoms with Crippen LogP contribution in [0.25, 0.3) is 16.8 Å². The smallest absolute Gasteiger partial charge is 0.360 e. The molecule has 28 heavy (non-hydrogen) atoms. The van der Waals surface area contributed by atoms with Crippen LogP contribution < -0.4 is 5.32 Å². The summed E-state index contributed by atoms with van der Waals surface area (Å²) in [5, 5.41) is 14.1. The van der Waals surface area contributed by atoms with Gasteiger partial charge in [-0.1, -0.05) is 39.7 Å². The Morgan fingerprint density at radius 1 is 1.25 bits per heavy atom. The Morgan fingerprint density at radius 2 is 2.04 bits per heavy atom. The van der Waals surface area contributed by atoms with Gasteiger partial charge in [-0.15, -0.1) is 11.3 Å². The number of hydrogen-bond acceptors (Lipinski definition) is 4. The van der Waals surface area contributed by atoms with Gasteiger partial charge in [0.1, 0.15) is 16.6 Å². The fourth-order valence-corrected chi connectivity index (χ4v) is 3.71. The van der Waals surface area contributed by atoms with E-state index in [2.05, 4.69) is 26.2 Å². The first kappa shape index (κ1) is 20.4. The van der Waals surface area contributed by atoms with Crippen LogP contribution in [0.15, 0.2) is 58.5 Å². The average Bonchev–Trinajstić information content (AvgIpc) is 3.12. The van der Waals surface area contributed by atoms with Gasteiger partial charge in [-0.3, -0.25) is 0 Å². The summed E-state index contributed by atoms with van der Waals surface area (Å²) in [5.41, 5.74) is 0.536. The standard InChI is InChI=1S/C19H10BrClF3N3S/c20-13-3-1-2-11(6-13)17-10-28-18(27-17)12(8-25)9-26-16-5-4-14(21)7-15(16)19(22,23)24/h1-7,9-10,26H/b12-9+. The second kappa shape index (κ2) is 8.35. The number of aromatic nitrogens is 1. The molecule has 0 saturated heterocycles. The molecule has 9 heteroatoms. The number of thiazole rings is 1. The van der Waals surface area contributed by atoms with Crippen molar-refractivity contribution < 1.29 is 13.2 Å². The van der Waals surface area contributed by atoms with E-state index in [1.165, 1.54) is 29.7 Å². The molecule has 0 aliphatic carbocycles. The summed E-state index contributed by atoms with van der Waals surface area (Å²) in [6.07, 6.45) is -3.37. The Kier molecular flexibility index (Phi) is 6.08.